The number of hydrogen-bond donors (Lipinski definition) is 3. The molecule has 0 saturated heterocycles. The van der Waals surface area contributed by atoms with Gasteiger partial charge in [-0.15, -0.1) is 0 Å². The van der Waals surface area contributed by atoms with Crippen LogP contribution in [-0.2, 0) is 34.5 Å². The van der Waals surface area contributed by atoms with Crippen LogP contribution in [0.5, 0.6) is 5.75 Å². The van der Waals surface area contributed by atoms with E-state index < -0.39 is 23.1 Å². The number of aryl methyl sites for hydroxylation is 1. The van der Waals surface area contributed by atoms with Crippen LogP contribution in [0.3, 0.4) is 0 Å². The van der Waals surface area contributed by atoms with E-state index in [2.05, 4.69) is 21.5 Å². The van der Waals surface area contributed by atoms with Gasteiger partial charge in [0.1, 0.15) is 11.6 Å². The molecule has 4 aromatic rings. The predicted molar refractivity (Wildman–Crippen MR) is 139 cm³/mol. The molecular weight excluding hydrogens is 494 g/mol. The zero-order valence-electron chi connectivity index (χ0n) is 20.0. The zero-order valence-corrected chi connectivity index (χ0v) is 20.9. The quantitative estimate of drug-likeness (QED) is 0.267. The van der Waals surface area contributed by atoms with Crippen LogP contribution in [-0.4, -0.2) is 52.7 Å². The highest BCUT2D eigenvalue weighted by molar-refractivity contribution is 7.78. The first-order valence-corrected chi connectivity index (χ1v) is 13.3. The molecule has 0 aliphatic carbocycles. The monoisotopic (exact) mass is 521 g/mol. The molecule has 10 nitrogen and oxygen atoms in total. The molecule has 1 aromatic carbocycles. The van der Waals surface area contributed by atoms with Gasteiger partial charge in [-0.05, 0) is 59.9 Å². The smallest absolute Gasteiger partial charge is 0.305 e. The molecule has 1 unspecified atom stereocenters. The molecule has 0 spiro atoms. The second-order valence-electron chi connectivity index (χ2n) is 8.95. The molecule has 3 N–H and O–H groups in total. The number of carbonyl (C=O) groups is 1. The van der Waals surface area contributed by atoms with E-state index in [9.17, 15) is 18.7 Å². The van der Waals surface area contributed by atoms with E-state index in [0.29, 0.717) is 29.9 Å². The molecule has 37 heavy (non-hydrogen) atoms. The van der Waals surface area contributed by atoms with Crippen molar-refractivity contribution in [1.82, 2.24) is 19.7 Å². The van der Waals surface area contributed by atoms with Crippen LogP contribution in [0.15, 0.2) is 55.0 Å². The lowest BCUT2D eigenvalue weighted by Gasteiger charge is -2.18. The third kappa shape index (κ3) is 5.95. The molecule has 0 bridgehead atoms. The number of anilines is 1. The van der Waals surface area contributed by atoms with Gasteiger partial charge in [-0.3, -0.25) is 14.5 Å². The van der Waals surface area contributed by atoms with Gasteiger partial charge in [0.05, 0.1) is 36.5 Å². The zero-order chi connectivity index (χ0) is 25.8. The van der Waals surface area contributed by atoms with Gasteiger partial charge in [0.2, 0.25) is 0 Å². The Morgan fingerprint density at radius 1 is 1.19 bits per heavy atom. The third-order valence-corrected chi connectivity index (χ3v) is 6.88. The standard InChI is InChI=1S/C26H27N5O5S/c32-25(33)12-24(19-10-17(13-27-14-19)16-37(34)35)31-23-6-5-22(11-20(23)15-29-31)36-9-7-21-4-3-18-2-1-8-28-26(18)30-21/h3-6,10-11,13-15,24H,1-2,7-9,12,16H2,(H,28,30)(H,32,33)(H,34,35)/t24-/m0/s1. The van der Waals surface area contributed by atoms with E-state index in [1.54, 1.807) is 23.1 Å². The number of hydrogen-bond acceptors (Lipinski definition) is 7. The highest BCUT2D eigenvalue weighted by atomic mass is 32.2. The fraction of sp³-hybridized carbons (Fsp3) is 0.308. The summed E-state index contributed by atoms with van der Waals surface area (Å²) in [5.74, 6) is 0.583. The van der Waals surface area contributed by atoms with Crippen LogP contribution in [0, 0.1) is 0 Å². The summed E-state index contributed by atoms with van der Waals surface area (Å²) in [5.41, 5.74) is 4.12. The van der Waals surface area contributed by atoms with Crippen LogP contribution in [0.2, 0.25) is 0 Å². The van der Waals surface area contributed by atoms with E-state index >= 15 is 0 Å². The molecule has 192 valence electrons. The number of nitrogens with one attached hydrogen (secondary N) is 1. The summed E-state index contributed by atoms with van der Waals surface area (Å²) in [6.45, 7) is 1.42. The number of carboxylic acids is 1. The van der Waals surface area contributed by atoms with Gasteiger partial charge in [-0.2, -0.15) is 5.10 Å². The van der Waals surface area contributed by atoms with Gasteiger partial charge >= 0.3 is 5.97 Å². The van der Waals surface area contributed by atoms with Crippen molar-refractivity contribution in [2.75, 3.05) is 18.5 Å². The van der Waals surface area contributed by atoms with E-state index in [0.717, 1.165) is 41.8 Å². The molecule has 1 aliphatic rings. The number of rotatable bonds is 10. The maximum atomic E-state index is 11.7. The Balaban J connectivity index is 1.32. The number of benzene rings is 1. The average molecular weight is 522 g/mol. The lowest BCUT2D eigenvalue weighted by molar-refractivity contribution is -0.137. The highest BCUT2D eigenvalue weighted by Crippen LogP contribution is 2.29. The third-order valence-electron chi connectivity index (χ3n) is 6.30. The first-order valence-electron chi connectivity index (χ1n) is 12.0. The molecule has 2 atom stereocenters. The van der Waals surface area contributed by atoms with Gasteiger partial charge in [0.25, 0.3) is 0 Å². The second kappa shape index (κ2) is 11.1. The number of aliphatic carboxylic acids is 1. The molecular formula is C26H27N5O5S. The van der Waals surface area contributed by atoms with Gasteiger partial charge < -0.3 is 19.7 Å². The predicted octanol–water partition coefficient (Wildman–Crippen LogP) is 3.59. The minimum absolute atomic E-state index is 0.0846. The molecule has 0 radical (unpaired) electrons. The average Bonchev–Trinajstić information content (AvgIpc) is 3.30. The van der Waals surface area contributed by atoms with Crippen molar-refractivity contribution in [2.24, 2.45) is 0 Å². The van der Waals surface area contributed by atoms with Crippen molar-refractivity contribution < 1.29 is 23.4 Å². The van der Waals surface area contributed by atoms with Gasteiger partial charge in [0.15, 0.2) is 11.1 Å². The largest absolute Gasteiger partial charge is 0.493 e. The van der Waals surface area contributed by atoms with Gasteiger partial charge in [0, 0.05) is 36.4 Å². The topological polar surface area (TPSA) is 139 Å². The highest BCUT2D eigenvalue weighted by Gasteiger charge is 2.22. The Kier molecular flexibility index (Phi) is 7.42. The number of aromatic nitrogens is 4. The van der Waals surface area contributed by atoms with E-state index in [1.165, 1.54) is 11.8 Å². The lowest BCUT2D eigenvalue weighted by atomic mass is 10.0. The number of pyridine rings is 2. The molecule has 0 saturated carbocycles. The number of nitrogens with zero attached hydrogens (tertiary/aromatic N) is 4. The summed E-state index contributed by atoms with van der Waals surface area (Å²) in [6, 6.07) is 10.8. The van der Waals surface area contributed by atoms with E-state index in [-0.39, 0.29) is 12.2 Å². The van der Waals surface area contributed by atoms with Gasteiger partial charge in [-0.1, -0.05) is 6.07 Å². The molecule has 0 amide bonds. The molecule has 5 rings (SSSR count). The fourth-order valence-electron chi connectivity index (χ4n) is 4.57. The summed E-state index contributed by atoms with van der Waals surface area (Å²) >= 11 is -2.03. The van der Waals surface area contributed by atoms with Crippen LogP contribution in [0.4, 0.5) is 5.82 Å². The Hall–Kier alpha value is -3.83. The van der Waals surface area contributed by atoms with Crippen molar-refractivity contribution in [3.63, 3.8) is 0 Å². The molecule has 3 aromatic heterocycles. The van der Waals surface area contributed by atoms with Crippen molar-refractivity contribution >= 4 is 33.8 Å². The Bertz CT molecular complexity index is 1460. The second-order valence-corrected chi connectivity index (χ2v) is 9.89. The Labute approximate surface area is 216 Å². The number of fused-ring (bicyclic) bond motifs is 2. The Morgan fingerprint density at radius 3 is 2.92 bits per heavy atom. The Morgan fingerprint density at radius 2 is 2.08 bits per heavy atom. The van der Waals surface area contributed by atoms with Crippen LogP contribution in [0.25, 0.3) is 10.9 Å². The van der Waals surface area contributed by atoms with Crippen LogP contribution >= 0.6 is 0 Å². The van der Waals surface area contributed by atoms with Gasteiger partial charge in [-0.25, -0.2) is 9.19 Å². The SMILES string of the molecule is O=C(O)C[C@@H](c1cncc(CS(=O)O)c1)n1ncc2cc(OCCc3ccc4c(n3)NCCC4)ccc21. The molecule has 4 heterocycles. The van der Waals surface area contributed by atoms with Crippen molar-refractivity contribution in [1.29, 1.82) is 0 Å². The number of ether oxygens (including phenoxy) is 1. The minimum Gasteiger partial charge on any atom is -0.493 e. The summed E-state index contributed by atoms with van der Waals surface area (Å²) in [5, 5.41) is 18.2. The summed E-state index contributed by atoms with van der Waals surface area (Å²) in [6.07, 6.45) is 7.37. The van der Waals surface area contributed by atoms with Crippen molar-refractivity contribution in [3.05, 3.63) is 77.4 Å². The van der Waals surface area contributed by atoms with Crippen LogP contribution in [0.1, 0.15) is 41.3 Å². The summed E-state index contributed by atoms with van der Waals surface area (Å²) in [7, 11) is 0. The fourth-order valence-corrected chi connectivity index (χ4v) is 5.02. The first kappa shape index (κ1) is 24.8. The van der Waals surface area contributed by atoms with Crippen molar-refractivity contribution in [2.45, 2.75) is 37.5 Å². The normalized spacial score (nSPS) is 14.5. The maximum Gasteiger partial charge on any atom is 0.305 e. The summed E-state index contributed by atoms with van der Waals surface area (Å²) < 4.78 is 28.1. The van der Waals surface area contributed by atoms with Crippen LogP contribution < -0.4 is 10.1 Å². The summed E-state index contributed by atoms with van der Waals surface area (Å²) in [4.78, 5) is 20.5. The van der Waals surface area contributed by atoms with E-state index in [4.69, 9.17) is 9.72 Å². The number of carboxylic acid groups (broad SMARTS) is 1. The lowest BCUT2D eigenvalue weighted by Crippen LogP contribution is -2.17. The molecule has 1 aliphatic heterocycles. The minimum atomic E-state index is -2.03. The maximum absolute atomic E-state index is 11.7. The first-order chi connectivity index (χ1) is 18.0. The van der Waals surface area contributed by atoms with E-state index in [1.807, 2.05) is 24.3 Å². The molecule has 0 fully saturated rings. The molecule has 11 heteroatoms. The van der Waals surface area contributed by atoms with Crippen molar-refractivity contribution in [3.8, 4) is 5.75 Å².